The summed E-state index contributed by atoms with van der Waals surface area (Å²) < 4.78 is 5.33. The monoisotopic (exact) mass is 403 g/mol. The molecule has 10 heteroatoms. The van der Waals surface area contributed by atoms with Crippen molar-refractivity contribution in [1.82, 2.24) is 9.97 Å². The van der Waals surface area contributed by atoms with E-state index in [1.165, 1.54) is 22.7 Å². The van der Waals surface area contributed by atoms with E-state index in [0.29, 0.717) is 21.7 Å². The molecule has 0 atom stereocenters. The first-order valence-corrected chi connectivity index (χ1v) is 9.62. The minimum atomic E-state index is -0.472. The maximum atomic E-state index is 12.3. The maximum Gasteiger partial charge on any atom is 0.276 e. The summed E-state index contributed by atoms with van der Waals surface area (Å²) in [6.45, 7) is 1.98. The van der Waals surface area contributed by atoms with Crippen LogP contribution in [0, 0.1) is 6.92 Å². The highest BCUT2D eigenvalue weighted by Crippen LogP contribution is 2.30. The Morgan fingerprint density at radius 1 is 1.19 bits per heavy atom. The molecule has 2 amide bonds. The highest BCUT2D eigenvalue weighted by atomic mass is 32.1. The van der Waals surface area contributed by atoms with Crippen molar-refractivity contribution >= 4 is 50.4 Å². The summed E-state index contributed by atoms with van der Waals surface area (Å²) >= 11 is 2.53. The number of nitrogens with two attached hydrogens (primary N) is 1. The molecular weight excluding hydrogens is 386 g/mol. The molecule has 0 saturated carbocycles. The number of thiazole rings is 2. The Morgan fingerprint density at radius 3 is 2.70 bits per heavy atom. The fraction of sp³-hybridized carbons (Fsp3) is 0.176. The van der Waals surface area contributed by atoms with Crippen molar-refractivity contribution in [2.75, 3.05) is 17.7 Å². The van der Waals surface area contributed by atoms with Gasteiger partial charge in [-0.2, -0.15) is 0 Å². The van der Waals surface area contributed by atoms with Crippen molar-refractivity contribution in [1.29, 1.82) is 0 Å². The van der Waals surface area contributed by atoms with Crippen LogP contribution in [-0.4, -0.2) is 28.9 Å². The molecule has 3 aromatic rings. The Morgan fingerprint density at radius 2 is 1.96 bits per heavy atom. The van der Waals surface area contributed by atoms with Crippen molar-refractivity contribution in [2.45, 2.75) is 13.3 Å². The van der Waals surface area contributed by atoms with Gasteiger partial charge in [-0.3, -0.25) is 14.9 Å². The molecule has 0 aliphatic heterocycles. The lowest BCUT2D eigenvalue weighted by Gasteiger charge is -2.09. The molecule has 4 N–H and O–H groups in total. The molecule has 0 aliphatic carbocycles. The quantitative estimate of drug-likeness (QED) is 0.558. The summed E-state index contributed by atoms with van der Waals surface area (Å²) in [6, 6.07) is 5.76. The Labute approximate surface area is 163 Å². The second-order valence-corrected chi connectivity index (χ2v) is 7.32. The molecule has 3 rings (SSSR count). The van der Waals surface area contributed by atoms with Crippen molar-refractivity contribution in [3.05, 3.63) is 45.9 Å². The number of carbonyl (C=O) groups excluding carboxylic acids is 2. The summed E-state index contributed by atoms with van der Waals surface area (Å²) in [7, 11) is 1.59. The van der Waals surface area contributed by atoms with Crippen molar-refractivity contribution in [3.63, 3.8) is 0 Å². The number of methoxy groups -OCH3 is 1. The molecule has 0 aliphatic rings. The molecule has 27 heavy (non-hydrogen) atoms. The average Bonchev–Trinajstić information content (AvgIpc) is 3.24. The highest BCUT2D eigenvalue weighted by molar-refractivity contribution is 7.14. The number of benzene rings is 1. The Balaban J connectivity index is 1.68. The molecule has 1 aromatic carbocycles. The number of anilines is 3. The smallest absolute Gasteiger partial charge is 0.276 e. The third-order valence-corrected chi connectivity index (χ3v) is 5.03. The van der Waals surface area contributed by atoms with Gasteiger partial charge in [0.2, 0.25) is 5.91 Å². The topological polar surface area (TPSA) is 119 Å². The first kappa shape index (κ1) is 18.8. The van der Waals surface area contributed by atoms with E-state index in [1.54, 1.807) is 17.9 Å². The summed E-state index contributed by atoms with van der Waals surface area (Å²) in [5, 5.41) is 10.1. The lowest BCUT2D eigenvalue weighted by Crippen LogP contribution is -2.14. The van der Waals surface area contributed by atoms with Crippen LogP contribution in [0.5, 0.6) is 5.75 Å². The van der Waals surface area contributed by atoms with Gasteiger partial charge in [0.15, 0.2) is 10.3 Å². The Bertz CT molecular complexity index is 983. The van der Waals surface area contributed by atoms with Crippen molar-refractivity contribution in [3.8, 4) is 5.75 Å². The van der Waals surface area contributed by atoms with E-state index in [-0.39, 0.29) is 18.0 Å². The minimum Gasteiger partial charge on any atom is -0.495 e. The molecule has 140 valence electrons. The van der Waals surface area contributed by atoms with Gasteiger partial charge in [0.1, 0.15) is 11.4 Å². The predicted molar refractivity (Wildman–Crippen MR) is 106 cm³/mol. The zero-order valence-electron chi connectivity index (χ0n) is 14.6. The number of ether oxygens (including phenoxy) is 1. The van der Waals surface area contributed by atoms with Gasteiger partial charge in [-0.05, 0) is 24.6 Å². The highest BCUT2D eigenvalue weighted by Gasteiger charge is 2.14. The number of hydrogen-bond acceptors (Lipinski definition) is 8. The van der Waals surface area contributed by atoms with Crippen molar-refractivity contribution in [2.24, 2.45) is 5.73 Å². The van der Waals surface area contributed by atoms with E-state index in [9.17, 15) is 9.59 Å². The third-order valence-electron chi connectivity index (χ3n) is 3.46. The van der Waals surface area contributed by atoms with E-state index in [2.05, 4.69) is 20.6 Å². The number of rotatable bonds is 7. The number of carbonyl (C=O) groups is 2. The van der Waals surface area contributed by atoms with Crippen LogP contribution in [0.15, 0.2) is 29.0 Å². The summed E-state index contributed by atoms with van der Waals surface area (Å²) in [6.07, 6.45) is 0.0372. The third kappa shape index (κ3) is 4.80. The lowest BCUT2D eigenvalue weighted by molar-refractivity contribution is -0.117. The molecule has 2 heterocycles. The van der Waals surface area contributed by atoms with Gasteiger partial charge in [0.25, 0.3) is 5.91 Å². The lowest BCUT2D eigenvalue weighted by atomic mass is 10.2. The van der Waals surface area contributed by atoms with Crippen LogP contribution in [0.3, 0.4) is 0 Å². The summed E-state index contributed by atoms with van der Waals surface area (Å²) in [5.41, 5.74) is 7.77. The predicted octanol–water partition coefficient (Wildman–Crippen LogP) is 2.94. The van der Waals surface area contributed by atoms with Crippen LogP contribution in [0.1, 0.15) is 21.7 Å². The second-order valence-electron chi connectivity index (χ2n) is 5.61. The fourth-order valence-corrected chi connectivity index (χ4v) is 3.66. The largest absolute Gasteiger partial charge is 0.495 e. The van der Waals surface area contributed by atoms with Gasteiger partial charge in [-0.1, -0.05) is 6.07 Å². The van der Waals surface area contributed by atoms with E-state index >= 15 is 0 Å². The summed E-state index contributed by atoms with van der Waals surface area (Å²) in [5.74, 6) is -0.165. The number of primary amides is 1. The van der Waals surface area contributed by atoms with Crippen LogP contribution < -0.4 is 21.1 Å². The van der Waals surface area contributed by atoms with Crippen LogP contribution in [-0.2, 0) is 11.2 Å². The normalized spacial score (nSPS) is 10.4. The summed E-state index contributed by atoms with van der Waals surface area (Å²) in [4.78, 5) is 31.7. The second kappa shape index (κ2) is 8.14. The number of nitrogens with one attached hydrogen (secondary N) is 2. The van der Waals surface area contributed by atoms with Crippen LogP contribution >= 0.6 is 22.7 Å². The standard InChI is InChI=1S/C17H17N5O3S2/c1-9-3-4-13(25-2)11(5-9)20-17-21-12(8-27-17)15(24)22-16-19-10(7-26-16)6-14(18)23/h3-5,7-8H,6H2,1-2H3,(H2,18,23)(H,20,21)(H,19,22,24). The molecule has 0 unspecified atom stereocenters. The number of aryl methyl sites for hydroxylation is 1. The van der Waals surface area contributed by atoms with Crippen LogP contribution in [0.25, 0.3) is 0 Å². The van der Waals surface area contributed by atoms with Gasteiger partial charge >= 0.3 is 0 Å². The molecular formula is C17H17N5O3S2. The molecule has 0 saturated heterocycles. The number of aromatic nitrogens is 2. The minimum absolute atomic E-state index is 0.0372. The Hall–Kier alpha value is -2.98. The first-order valence-electron chi connectivity index (χ1n) is 7.86. The Kier molecular flexibility index (Phi) is 5.67. The van der Waals surface area contributed by atoms with Crippen LogP contribution in [0.2, 0.25) is 0 Å². The number of amides is 2. The molecule has 0 radical (unpaired) electrons. The number of nitrogens with zero attached hydrogens (tertiary/aromatic N) is 2. The average molecular weight is 403 g/mol. The first-order chi connectivity index (χ1) is 12.9. The van der Waals surface area contributed by atoms with Gasteiger partial charge in [0, 0.05) is 10.8 Å². The van der Waals surface area contributed by atoms with E-state index in [4.69, 9.17) is 10.5 Å². The molecule has 8 nitrogen and oxygen atoms in total. The van der Waals surface area contributed by atoms with E-state index < -0.39 is 5.91 Å². The molecule has 0 bridgehead atoms. The SMILES string of the molecule is COc1ccc(C)cc1Nc1nc(C(=O)Nc2nc(CC(N)=O)cs2)cs1. The van der Waals surface area contributed by atoms with E-state index in [1.807, 2.05) is 25.1 Å². The van der Waals surface area contributed by atoms with Crippen LogP contribution in [0.4, 0.5) is 16.0 Å². The zero-order valence-corrected chi connectivity index (χ0v) is 16.2. The van der Waals surface area contributed by atoms with Crippen molar-refractivity contribution < 1.29 is 14.3 Å². The van der Waals surface area contributed by atoms with Gasteiger partial charge in [-0.25, -0.2) is 9.97 Å². The zero-order chi connectivity index (χ0) is 19.4. The fourth-order valence-electron chi connectivity index (χ4n) is 2.26. The molecule has 0 fully saturated rings. The van der Waals surface area contributed by atoms with Gasteiger partial charge < -0.3 is 15.8 Å². The van der Waals surface area contributed by atoms with Gasteiger partial charge in [-0.15, -0.1) is 22.7 Å². The maximum absolute atomic E-state index is 12.3. The number of hydrogen-bond donors (Lipinski definition) is 3. The molecule has 0 spiro atoms. The van der Waals surface area contributed by atoms with E-state index in [0.717, 1.165) is 11.3 Å². The van der Waals surface area contributed by atoms with Gasteiger partial charge in [0.05, 0.1) is 24.9 Å². The molecule has 2 aromatic heterocycles.